The van der Waals surface area contributed by atoms with Gasteiger partial charge < -0.3 is 20.1 Å². The maximum Gasteiger partial charge on any atom is 0.0707 e. The van der Waals surface area contributed by atoms with Crippen molar-refractivity contribution in [2.75, 3.05) is 33.3 Å². The van der Waals surface area contributed by atoms with Gasteiger partial charge in [-0.3, -0.25) is 0 Å². The summed E-state index contributed by atoms with van der Waals surface area (Å²) in [6, 6.07) is 0. The molecule has 0 aromatic rings. The Bertz CT molecular complexity index is 207. The van der Waals surface area contributed by atoms with Crippen LogP contribution in [0.2, 0.25) is 0 Å². The molecule has 4 heteroatoms. The van der Waals surface area contributed by atoms with Crippen LogP contribution in [0.25, 0.3) is 0 Å². The van der Waals surface area contributed by atoms with Gasteiger partial charge in [0.15, 0.2) is 0 Å². The predicted octanol–water partition coefficient (Wildman–Crippen LogP) is 0.604. The highest BCUT2D eigenvalue weighted by molar-refractivity contribution is 4.77. The fourth-order valence-corrected chi connectivity index (χ4v) is 2.65. The van der Waals surface area contributed by atoms with Gasteiger partial charge in [0.1, 0.15) is 0 Å². The normalized spacial score (nSPS) is 35.1. The molecule has 16 heavy (non-hydrogen) atoms. The van der Waals surface area contributed by atoms with Crippen molar-refractivity contribution in [1.29, 1.82) is 0 Å². The highest BCUT2D eigenvalue weighted by Gasteiger charge is 2.26. The second kappa shape index (κ2) is 5.96. The van der Waals surface area contributed by atoms with Crippen molar-refractivity contribution in [3.8, 4) is 0 Å². The fraction of sp³-hybridized carbons (Fsp3) is 1.00. The topological polar surface area (TPSA) is 47.7 Å². The molecule has 0 amide bonds. The molecule has 4 nitrogen and oxygen atoms in total. The van der Waals surface area contributed by atoms with E-state index in [-0.39, 0.29) is 0 Å². The standard InChI is InChI=1S/C12H24N2O2/c1-14(8-11-3-2-6-15-11)9-12-5-4-10(7-13)16-12/h10-12H,2-9,13H2,1H3. The van der Waals surface area contributed by atoms with E-state index in [1.54, 1.807) is 0 Å². The van der Waals surface area contributed by atoms with E-state index in [9.17, 15) is 0 Å². The molecule has 0 aliphatic carbocycles. The van der Waals surface area contributed by atoms with E-state index in [4.69, 9.17) is 15.2 Å². The zero-order valence-corrected chi connectivity index (χ0v) is 10.2. The first kappa shape index (κ1) is 12.3. The fourth-order valence-electron chi connectivity index (χ4n) is 2.65. The molecule has 2 saturated heterocycles. The molecule has 0 spiro atoms. The van der Waals surface area contributed by atoms with Crippen molar-refractivity contribution in [2.24, 2.45) is 5.73 Å². The van der Waals surface area contributed by atoms with E-state index in [1.807, 2.05) is 0 Å². The smallest absolute Gasteiger partial charge is 0.0707 e. The Morgan fingerprint density at radius 3 is 2.50 bits per heavy atom. The number of likely N-dealkylation sites (N-methyl/N-ethyl adjacent to an activating group) is 1. The highest BCUT2D eigenvalue weighted by Crippen LogP contribution is 2.20. The minimum Gasteiger partial charge on any atom is -0.377 e. The van der Waals surface area contributed by atoms with Crippen molar-refractivity contribution < 1.29 is 9.47 Å². The molecule has 0 radical (unpaired) electrons. The number of nitrogens with two attached hydrogens (primary N) is 1. The largest absolute Gasteiger partial charge is 0.377 e. The van der Waals surface area contributed by atoms with E-state index < -0.39 is 0 Å². The van der Waals surface area contributed by atoms with E-state index in [0.29, 0.717) is 24.9 Å². The molecular formula is C12H24N2O2. The minimum atomic E-state index is 0.293. The van der Waals surface area contributed by atoms with Crippen molar-refractivity contribution in [3.63, 3.8) is 0 Å². The molecule has 3 unspecified atom stereocenters. The van der Waals surface area contributed by atoms with Crippen LogP contribution < -0.4 is 5.73 Å². The maximum atomic E-state index is 5.84. The van der Waals surface area contributed by atoms with Gasteiger partial charge in [-0.25, -0.2) is 0 Å². The summed E-state index contributed by atoms with van der Waals surface area (Å²) in [7, 11) is 2.15. The number of hydrogen-bond acceptors (Lipinski definition) is 4. The van der Waals surface area contributed by atoms with Crippen LogP contribution in [0.3, 0.4) is 0 Å². The van der Waals surface area contributed by atoms with E-state index in [2.05, 4.69) is 11.9 Å². The summed E-state index contributed by atoms with van der Waals surface area (Å²) in [6.07, 6.45) is 5.81. The summed E-state index contributed by atoms with van der Waals surface area (Å²) in [5, 5.41) is 0. The van der Waals surface area contributed by atoms with Crippen molar-refractivity contribution in [2.45, 2.75) is 44.0 Å². The monoisotopic (exact) mass is 228 g/mol. The number of rotatable bonds is 5. The molecule has 2 rings (SSSR count). The van der Waals surface area contributed by atoms with Gasteiger partial charge in [0.05, 0.1) is 18.3 Å². The first-order chi connectivity index (χ1) is 7.78. The molecule has 2 heterocycles. The Labute approximate surface area is 98.1 Å². The molecule has 0 aromatic heterocycles. The van der Waals surface area contributed by atoms with E-state index in [0.717, 1.165) is 32.5 Å². The van der Waals surface area contributed by atoms with Gasteiger partial charge in [-0.15, -0.1) is 0 Å². The molecule has 2 aliphatic rings. The summed E-state index contributed by atoms with van der Waals surface area (Å²) in [6.45, 7) is 3.64. The summed E-state index contributed by atoms with van der Waals surface area (Å²) < 4.78 is 11.5. The molecule has 2 fully saturated rings. The third-order valence-corrected chi connectivity index (χ3v) is 3.51. The van der Waals surface area contributed by atoms with Crippen molar-refractivity contribution in [3.05, 3.63) is 0 Å². The molecule has 0 saturated carbocycles. The van der Waals surface area contributed by atoms with E-state index >= 15 is 0 Å². The van der Waals surface area contributed by atoms with Crippen LogP contribution in [0.5, 0.6) is 0 Å². The zero-order valence-electron chi connectivity index (χ0n) is 10.2. The molecule has 3 atom stereocenters. The number of ether oxygens (including phenoxy) is 2. The van der Waals surface area contributed by atoms with Gasteiger partial charge in [-0.05, 0) is 32.7 Å². The van der Waals surface area contributed by atoms with Gasteiger partial charge >= 0.3 is 0 Å². The Kier molecular flexibility index (Phi) is 4.58. The Balaban J connectivity index is 1.64. The Morgan fingerprint density at radius 2 is 1.88 bits per heavy atom. The maximum absolute atomic E-state index is 5.84. The molecular weight excluding hydrogens is 204 g/mol. The highest BCUT2D eigenvalue weighted by atomic mass is 16.5. The Morgan fingerprint density at radius 1 is 1.12 bits per heavy atom. The van der Waals surface area contributed by atoms with Crippen LogP contribution in [0, 0.1) is 0 Å². The number of nitrogens with zero attached hydrogens (tertiary/aromatic N) is 1. The van der Waals surface area contributed by atoms with Crippen LogP contribution in [0.1, 0.15) is 25.7 Å². The second-order valence-electron chi connectivity index (χ2n) is 5.05. The van der Waals surface area contributed by atoms with Crippen LogP contribution in [0.4, 0.5) is 0 Å². The van der Waals surface area contributed by atoms with Gasteiger partial charge in [0, 0.05) is 26.2 Å². The summed E-state index contributed by atoms with van der Waals surface area (Å²) in [4.78, 5) is 2.33. The van der Waals surface area contributed by atoms with Crippen LogP contribution >= 0.6 is 0 Å². The average molecular weight is 228 g/mol. The van der Waals surface area contributed by atoms with Gasteiger partial charge in [-0.2, -0.15) is 0 Å². The SMILES string of the molecule is CN(CC1CCCO1)CC1CCC(CN)O1. The quantitative estimate of drug-likeness (QED) is 0.749. The third-order valence-electron chi connectivity index (χ3n) is 3.51. The van der Waals surface area contributed by atoms with Crippen LogP contribution in [-0.2, 0) is 9.47 Å². The first-order valence-electron chi connectivity index (χ1n) is 6.43. The summed E-state index contributed by atoms with van der Waals surface area (Å²) >= 11 is 0. The molecule has 2 N–H and O–H groups in total. The molecule has 0 bridgehead atoms. The lowest BCUT2D eigenvalue weighted by molar-refractivity contribution is 0.0186. The van der Waals surface area contributed by atoms with Crippen molar-refractivity contribution >= 4 is 0 Å². The lowest BCUT2D eigenvalue weighted by Crippen LogP contribution is -2.35. The molecule has 94 valence electrons. The predicted molar refractivity (Wildman–Crippen MR) is 63.4 cm³/mol. The summed E-state index contributed by atoms with van der Waals surface area (Å²) in [5.74, 6) is 0. The third kappa shape index (κ3) is 3.42. The minimum absolute atomic E-state index is 0.293. The lowest BCUT2D eigenvalue weighted by Gasteiger charge is -2.23. The average Bonchev–Trinajstić information content (AvgIpc) is 2.89. The zero-order chi connectivity index (χ0) is 11.4. The Hall–Kier alpha value is -0.160. The molecule has 2 aliphatic heterocycles. The van der Waals surface area contributed by atoms with Gasteiger partial charge in [0.2, 0.25) is 0 Å². The van der Waals surface area contributed by atoms with Crippen LogP contribution in [-0.4, -0.2) is 56.5 Å². The second-order valence-corrected chi connectivity index (χ2v) is 5.05. The summed E-state index contributed by atoms with van der Waals surface area (Å²) in [5.41, 5.74) is 5.60. The molecule has 0 aromatic carbocycles. The first-order valence-corrected chi connectivity index (χ1v) is 6.43. The van der Waals surface area contributed by atoms with Crippen molar-refractivity contribution in [1.82, 2.24) is 4.90 Å². The van der Waals surface area contributed by atoms with Gasteiger partial charge in [-0.1, -0.05) is 0 Å². The van der Waals surface area contributed by atoms with Crippen LogP contribution in [0.15, 0.2) is 0 Å². The lowest BCUT2D eigenvalue weighted by atomic mass is 10.2. The van der Waals surface area contributed by atoms with Gasteiger partial charge in [0.25, 0.3) is 0 Å². The number of hydrogen-bond donors (Lipinski definition) is 1. The van der Waals surface area contributed by atoms with E-state index in [1.165, 1.54) is 12.8 Å².